The van der Waals surface area contributed by atoms with Gasteiger partial charge in [0.1, 0.15) is 5.83 Å². The molecule has 4 aliphatic rings. The molecule has 2 heterocycles. The average Bonchev–Trinajstić information content (AvgIpc) is 3.02. The molecule has 19 heavy (non-hydrogen) atoms. The fourth-order valence-electron chi connectivity index (χ4n) is 4.00. The minimum Gasteiger partial charge on any atom is -0.379 e. The van der Waals surface area contributed by atoms with E-state index >= 15 is 0 Å². The summed E-state index contributed by atoms with van der Waals surface area (Å²) in [6.45, 7) is 5.32. The van der Waals surface area contributed by atoms with Gasteiger partial charge in [0.25, 0.3) is 0 Å². The summed E-state index contributed by atoms with van der Waals surface area (Å²) in [4.78, 5) is 2.22. The van der Waals surface area contributed by atoms with Crippen molar-refractivity contribution in [3.05, 3.63) is 23.6 Å². The van der Waals surface area contributed by atoms with Crippen LogP contribution in [0.15, 0.2) is 23.6 Å². The Balaban J connectivity index is 1.49. The molecule has 3 fully saturated rings. The highest BCUT2D eigenvalue weighted by Crippen LogP contribution is 2.61. The van der Waals surface area contributed by atoms with Gasteiger partial charge in [-0.3, -0.25) is 4.90 Å². The van der Waals surface area contributed by atoms with Crippen LogP contribution >= 0.6 is 0 Å². The fourth-order valence-corrected chi connectivity index (χ4v) is 4.00. The average molecular weight is 264 g/mol. The van der Waals surface area contributed by atoms with Gasteiger partial charge in [0.2, 0.25) is 0 Å². The van der Waals surface area contributed by atoms with Crippen molar-refractivity contribution < 1.29 is 9.13 Å². The number of allylic oxidation sites excluding steroid dienone is 1. The normalized spacial score (nSPS) is 42.6. The zero-order chi connectivity index (χ0) is 12.9. The molecule has 2 saturated heterocycles. The Morgan fingerprint density at radius 2 is 2.21 bits per heavy atom. The van der Waals surface area contributed by atoms with Crippen molar-refractivity contribution in [3.63, 3.8) is 0 Å². The molecule has 3 nitrogen and oxygen atoms in total. The van der Waals surface area contributed by atoms with Crippen LogP contribution < -0.4 is 5.32 Å². The highest BCUT2D eigenvalue weighted by atomic mass is 19.1. The van der Waals surface area contributed by atoms with Gasteiger partial charge in [-0.05, 0) is 37.0 Å². The van der Waals surface area contributed by atoms with Gasteiger partial charge in [0.15, 0.2) is 0 Å². The lowest BCUT2D eigenvalue weighted by atomic mass is 9.88. The largest absolute Gasteiger partial charge is 0.379 e. The Kier molecular flexibility index (Phi) is 2.79. The molecular weight excluding hydrogens is 243 g/mol. The lowest BCUT2D eigenvalue weighted by Gasteiger charge is -2.35. The third kappa shape index (κ3) is 1.89. The number of halogens is 1. The maximum absolute atomic E-state index is 14.4. The van der Waals surface area contributed by atoms with Crippen molar-refractivity contribution in [2.24, 2.45) is 11.3 Å². The van der Waals surface area contributed by atoms with Gasteiger partial charge in [0, 0.05) is 25.0 Å². The first kappa shape index (κ1) is 12.1. The fraction of sp³-hybridized carbons (Fsp3) is 0.733. The molecule has 3 unspecified atom stereocenters. The van der Waals surface area contributed by atoms with E-state index in [1.807, 2.05) is 6.08 Å². The van der Waals surface area contributed by atoms with E-state index in [9.17, 15) is 4.39 Å². The second-order valence-corrected chi connectivity index (χ2v) is 6.28. The molecule has 2 aliphatic carbocycles. The van der Waals surface area contributed by atoms with Crippen LogP contribution in [-0.4, -0.2) is 50.3 Å². The molecule has 0 amide bonds. The molecular formula is C15H21FN2O. The summed E-state index contributed by atoms with van der Waals surface area (Å²) in [6.07, 6.45) is 6.19. The van der Waals surface area contributed by atoms with Gasteiger partial charge in [-0.2, -0.15) is 0 Å². The maximum Gasteiger partial charge on any atom is 0.118 e. The third-order valence-corrected chi connectivity index (χ3v) is 5.30. The van der Waals surface area contributed by atoms with Crippen LogP contribution in [0.2, 0.25) is 0 Å². The number of hydrogen-bond acceptors (Lipinski definition) is 3. The SMILES string of the molecule is FC1=CC(C23CNCC2C3)=CCC1N1CCOCC1. The van der Waals surface area contributed by atoms with Crippen molar-refractivity contribution in [2.45, 2.75) is 18.9 Å². The van der Waals surface area contributed by atoms with Gasteiger partial charge in [-0.15, -0.1) is 0 Å². The van der Waals surface area contributed by atoms with E-state index in [0.717, 1.165) is 51.7 Å². The van der Waals surface area contributed by atoms with Crippen LogP contribution in [0.25, 0.3) is 0 Å². The Hall–Kier alpha value is -0.710. The van der Waals surface area contributed by atoms with Crippen LogP contribution in [0.5, 0.6) is 0 Å². The molecule has 0 aromatic heterocycles. The molecule has 3 atom stereocenters. The van der Waals surface area contributed by atoms with Crippen molar-refractivity contribution in [3.8, 4) is 0 Å². The Bertz CT molecular complexity index is 441. The van der Waals surface area contributed by atoms with Gasteiger partial charge in [0.05, 0.1) is 19.3 Å². The summed E-state index contributed by atoms with van der Waals surface area (Å²) in [5, 5.41) is 3.43. The van der Waals surface area contributed by atoms with E-state index < -0.39 is 0 Å². The topological polar surface area (TPSA) is 24.5 Å². The molecule has 0 radical (unpaired) electrons. The lowest BCUT2D eigenvalue weighted by Crippen LogP contribution is -2.44. The first-order valence-corrected chi connectivity index (χ1v) is 7.40. The molecule has 1 N–H and O–H groups in total. The number of morpholine rings is 1. The number of ether oxygens (including phenoxy) is 1. The quantitative estimate of drug-likeness (QED) is 0.817. The number of hydrogen-bond donors (Lipinski definition) is 1. The zero-order valence-electron chi connectivity index (χ0n) is 11.2. The monoisotopic (exact) mass is 264 g/mol. The first-order valence-electron chi connectivity index (χ1n) is 7.40. The molecule has 0 bridgehead atoms. The predicted octanol–water partition coefficient (Wildman–Crippen LogP) is 1.48. The summed E-state index contributed by atoms with van der Waals surface area (Å²) in [5.74, 6) is 0.814. The Morgan fingerprint density at radius 3 is 2.84 bits per heavy atom. The van der Waals surface area contributed by atoms with Gasteiger partial charge < -0.3 is 10.1 Å². The van der Waals surface area contributed by atoms with Gasteiger partial charge in [-0.25, -0.2) is 4.39 Å². The summed E-state index contributed by atoms with van der Waals surface area (Å²) in [6, 6.07) is -0.0457. The second kappa shape index (κ2) is 4.40. The van der Waals surface area contributed by atoms with Gasteiger partial charge >= 0.3 is 0 Å². The smallest absolute Gasteiger partial charge is 0.118 e. The second-order valence-electron chi connectivity index (χ2n) is 6.28. The van der Waals surface area contributed by atoms with E-state index in [4.69, 9.17) is 4.74 Å². The Labute approximate surface area is 113 Å². The van der Waals surface area contributed by atoms with Crippen LogP contribution in [0.1, 0.15) is 12.8 Å². The van der Waals surface area contributed by atoms with Crippen molar-refractivity contribution in [1.29, 1.82) is 0 Å². The molecule has 0 spiro atoms. The highest BCUT2D eigenvalue weighted by Gasteiger charge is 2.59. The Morgan fingerprint density at radius 1 is 1.37 bits per heavy atom. The number of nitrogens with zero attached hydrogens (tertiary/aromatic N) is 1. The van der Waals surface area contributed by atoms with Crippen LogP contribution in [-0.2, 0) is 4.74 Å². The number of rotatable bonds is 2. The predicted molar refractivity (Wildman–Crippen MR) is 71.5 cm³/mol. The van der Waals surface area contributed by atoms with E-state index in [1.165, 1.54) is 12.0 Å². The third-order valence-electron chi connectivity index (χ3n) is 5.30. The van der Waals surface area contributed by atoms with Crippen molar-refractivity contribution in [1.82, 2.24) is 10.2 Å². The summed E-state index contributed by atoms with van der Waals surface area (Å²) in [7, 11) is 0. The molecule has 1 saturated carbocycles. The van der Waals surface area contributed by atoms with E-state index in [2.05, 4.69) is 16.3 Å². The summed E-state index contributed by atoms with van der Waals surface area (Å²) in [5.41, 5.74) is 1.54. The molecule has 0 aromatic rings. The van der Waals surface area contributed by atoms with E-state index in [-0.39, 0.29) is 17.3 Å². The first-order chi connectivity index (χ1) is 9.29. The highest BCUT2D eigenvalue weighted by molar-refractivity contribution is 5.41. The molecule has 104 valence electrons. The maximum atomic E-state index is 14.4. The molecule has 2 aliphatic heterocycles. The molecule has 0 aromatic carbocycles. The number of piperidine rings is 1. The summed E-state index contributed by atoms with van der Waals surface area (Å²) >= 11 is 0. The standard InChI is InChI=1S/C15H21FN2O/c16-13-7-11(15-8-12(15)9-17-10-15)1-2-14(13)18-3-5-19-6-4-18/h1,7,12,14,17H,2-6,8-10H2. The number of nitrogens with one attached hydrogen (secondary N) is 1. The van der Waals surface area contributed by atoms with Crippen molar-refractivity contribution >= 4 is 0 Å². The van der Waals surface area contributed by atoms with E-state index in [1.54, 1.807) is 0 Å². The van der Waals surface area contributed by atoms with Crippen LogP contribution in [0.4, 0.5) is 4.39 Å². The number of fused-ring (bicyclic) bond motifs is 1. The molecule has 4 rings (SSSR count). The van der Waals surface area contributed by atoms with E-state index in [0.29, 0.717) is 0 Å². The van der Waals surface area contributed by atoms with Gasteiger partial charge in [-0.1, -0.05) is 6.08 Å². The molecule has 4 heteroatoms. The summed E-state index contributed by atoms with van der Waals surface area (Å²) < 4.78 is 19.8. The lowest BCUT2D eigenvalue weighted by molar-refractivity contribution is 0.0198. The van der Waals surface area contributed by atoms with Crippen molar-refractivity contribution in [2.75, 3.05) is 39.4 Å². The minimum absolute atomic E-state index is 0.0457. The van der Waals surface area contributed by atoms with Crippen LogP contribution in [0, 0.1) is 11.3 Å². The zero-order valence-corrected chi connectivity index (χ0v) is 11.2. The van der Waals surface area contributed by atoms with Crippen LogP contribution in [0.3, 0.4) is 0 Å². The minimum atomic E-state index is -0.0457.